The molecule has 0 fully saturated rings. The van der Waals surface area contributed by atoms with Crippen LogP contribution in [0.4, 0.5) is 5.95 Å². The number of nitrogens with two attached hydrogens (primary N) is 1. The zero-order chi connectivity index (χ0) is 14.7. The van der Waals surface area contributed by atoms with Crippen molar-refractivity contribution >= 4 is 29.0 Å². The van der Waals surface area contributed by atoms with Crippen molar-refractivity contribution in [2.24, 2.45) is 5.73 Å². The van der Waals surface area contributed by atoms with Crippen LogP contribution in [0.5, 0.6) is 0 Å². The Kier molecular flexibility index (Phi) is 3.75. The monoisotopic (exact) mass is 280 g/mol. The molecule has 0 spiro atoms. The number of amides is 1. The summed E-state index contributed by atoms with van der Waals surface area (Å²) in [5, 5.41) is 10.9. The Morgan fingerprint density at radius 2 is 2.25 bits per heavy atom. The largest absolute Gasteiger partial charge is 0.480 e. The van der Waals surface area contributed by atoms with Crippen LogP contribution >= 0.6 is 0 Å². The van der Waals surface area contributed by atoms with Gasteiger partial charge in [-0.05, 0) is 6.42 Å². The average Bonchev–Trinajstić information content (AvgIpc) is 2.84. The van der Waals surface area contributed by atoms with E-state index < -0.39 is 23.5 Å². The molecule has 2 aromatic heterocycles. The molecule has 6 N–H and O–H groups in total. The molecule has 1 atom stereocenters. The Morgan fingerprint density at radius 3 is 2.95 bits per heavy atom. The second kappa shape index (κ2) is 5.48. The van der Waals surface area contributed by atoms with Crippen molar-refractivity contribution in [3.05, 3.63) is 16.7 Å². The second-order valence-corrected chi connectivity index (χ2v) is 4.05. The van der Waals surface area contributed by atoms with Gasteiger partial charge >= 0.3 is 5.97 Å². The number of aromatic amines is 2. The lowest BCUT2D eigenvalue weighted by Gasteiger charge is -2.06. The number of aromatic nitrogens is 4. The molecule has 0 aliphatic carbocycles. The number of fused-ring (bicyclic) bond motifs is 1. The second-order valence-electron chi connectivity index (χ2n) is 4.05. The number of anilines is 1. The lowest BCUT2D eigenvalue weighted by molar-refractivity contribution is -0.138. The zero-order valence-electron chi connectivity index (χ0n) is 10.2. The molecular formula is C10H12N6O4. The first kappa shape index (κ1) is 13.7. The Balaban J connectivity index is 2.03. The minimum absolute atomic E-state index is 0.0178. The Morgan fingerprint density at radius 1 is 1.50 bits per heavy atom. The number of hydrogen-bond donors (Lipinski definition) is 5. The van der Waals surface area contributed by atoms with Gasteiger partial charge in [-0.25, -0.2) is 4.98 Å². The Labute approximate surface area is 111 Å². The molecule has 0 aliphatic rings. The van der Waals surface area contributed by atoms with Gasteiger partial charge in [0.1, 0.15) is 6.04 Å². The molecule has 0 radical (unpaired) electrons. The third-order valence-electron chi connectivity index (χ3n) is 2.55. The number of H-pyrrole nitrogens is 2. The van der Waals surface area contributed by atoms with Gasteiger partial charge in [0.2, 0.25) is 11.9 Å². The van der Waals surface area contributed by atoms with Gasteiger partial charge in [-0.2, -0.15) is 4.98 Å². The molecule has 0 saturated carbocycles. The number of hydrogen-bond acceptors (Lipinski definition) is 6. The summed E-state index contributed by atoms with van der Waals surface area (Å²) >= 11 is 0. The van der Waals surface area contributed by atoms with Crippen LogP contribution < -0.4 is 16.6 Å². The van der Waals surface area contributed by atoms with Gasteiger partial charge in [0.15, 0.2) is 11.2 Å². The summed E-state index contributed by atoms with van der Waals surface area (Å²) in [5.74, 6) is -1.73. The highest BCUT2D eigenvalue weighted by Crippen LogP contribution is 2.04. The van der Waals surface area contributed by atoms with E-state index in [-0.39, 0.29) is 30.0 Å². The number of rotatable bonds is 5. The van der Waals surface area contributed by atoms with Crippen LogP contribution in [0.3, 0.4) is 0 Å². The van der Waals surface area contributed by atoms with Gasteiger partial charge in [0.05, 0.1) is 6.33 Å². The first-order valence-electron chi connectivity index (χ1n) is 5.69. The van der Waals surface area contributed by atoms with E-state index in [1.54, 1.807) is 0 Å². The highest BCUT2D eigenvalue weighted by Gasteiger charge is 2.14. The fourth-order valence-corrected chi connectivity index (χ4v) is 1.51. The van der Waals surface area contributed by atoms with Crippen molar-refractivity contribution in [2.45, 2.75) is 18.9 Å². The van der Waals surface area contributed by atoms with Gasteiger partial charge in [-0.1, -0.05) is 0 Å². The Bertz CT molecular complexity index is 705. The Hall–Kier alpha value is -2.75. The summed E-state index contributed by atoms with van der Waals surface area (Å²) in [5.41, 5.74) is 5.19. The molecule has 2 rings (SSSR count). The van der Waals surface area contributed by atoms with E-state index in [2.05, 4.69) is 25.3 Å². The summed E-state index contributed by atoms with van der Waals surface area (Å²) in [6, 6.07) is -1.11. The normalized spacial score (nSPS) is 12.2. The van der Waals surface area contributed by atoms with E-state index in [4.69, 9.17) is 10.8 Å². The average molecular weight is 280 g/mol. The highest BCUT2D eigenvalue weighted by molar-refractivity contribution is 5.90. The third kappa shape index (κ3) is 2.98. The summed E-state index contributed by atoms with van der Waals surface area (Å²) in [4.78, 5) is 46.4. The maximum absolute atomic E-state index is 11.6. The van der Waals surface area contributed by atoms with Crippen molar-refractivity contribution in [1.82, 2.24) is 19.9 Å². The van der Waals surface area contributed by atoms with Crippen LogP contribution in [-0.4, -0.2) is 43.0 Å². The van der Waals surface area contributed by atoms with Crippen molar-refractivity contribution in [3.8, 4) is 0 Å². The molecule has 0 saturated heterocycles. The van der Waals surface area contributed by atoms with Gasteiger partial charge in [-0.15, -0.1) is 0 Å². The van der Waals surface area contributed by atoms with Gasteiger partial charge in [-0.3, -0.25) is 24.7 Å². The molecule has 0 aliphatic heterocycles. The van der Waals surface area contributed by atoms with E-state index in [0.29, 0.717) is 0 Å². The fraction of sp³-hybridized carbons (Fsp3) is 0.300. The van der Waals surface area contributed by atoms with E-state index in [9.17, 15) is 14.4 Å². The molecule has 0 unspecified atom stereocenters. The van der Waals surface area contributed by atoms with Crippen molar-refractivity contribution in [2.75, 3.05) is 5.32 Å². The fourth-order valence-electron chi connectivity index (χ4n) is 1.51. The first-order chi connectivity index (χ1) is 9.47. The van der Waals surface area contributed by atoms with Crippen LogP contribution in [0.15, 0.2) is 11.1 Å². The van der Waals surface area contributed by atoms with E-state index in [1.165, 1.54) is 6.33 Å². The van der Waals surface area contributed by atoms with Crippen molar-refractivity contribution < 1.29 is 14.7 Å². The topological polar surface area (TPSA) is 167 Å². The highest BCUT2D eigenvalue weighted by atomic mass is 16.4. The third-order valence-corrected chi connectivity index (χ3v) is 2.55. The first-order valence-corrected chi connectivity index (χ1v) is 5.69. The van der Waals surface area contributed by atoms with Crippen LogP contribution in [0, 0.1) is 0 Å². The number of carbonyl (C=O) groups excluding carboxylic acids is 1. The molecule has 106 valence electrons. The number of carboxylic acid groups (broad SMARTS) is 1. The lowest BCUT2D eigenvalue weighted by atomic mass is 10.1. The lowest BCUT2D eigenvalue weighted by Crippen LogP contribution is -2.31. The molecule has 0 bridgehead atoms. The minimum Gasteiger partial charge on any atom is -0.480 e. The van der Waals surface area contributed by atoms with E-state index >= 15 is 0 Å². The van der Waals surface area contributed by atoms with E-state index in [0.717, 1.165) is 0 Å². The number of imidazole rings is 1. The van der Waals surface area contributed by atoms with Crippen LogP contribution in [-0.2, 0) is 9.59 Å². The molecular weight excluding hydrogens is 268 g/mol. The molecule has 2 heterocycles. The molecule has 10 heteroatoms. The van der Waals surface area contributed by atoms with Crippen LogP contribution in [0.2, 0.25) is 0 Å². The SMILES string of the molecule is N[C@@H](CCC(=O)Nc1nc2nc[nH]c2c(=O)[nH]1)C(=O)O. The quantitative estimate of drug-likeness (QED) is 0.457. The summed E-state index contributed by atoms with van der Waals surface area (Å²) in [6.07, 6.45) is 1.19. The predicted molar refractivity (Wildman–Crippen MR) is 68.0 cm³/mol. The maximum atomic E-state index is 11.6. The van der Waals surface area contributed by atoms with Crippen molar-refractivity contribution in [1.29, 1.82) is 0 Å². The molecule has 10 nitrogen and oxygen atoms in total. The van der Waals surface area contributed by atoms with Crippen LogP contribution in [0.1, 0.15) is 12.8 Å². The molecule has 20 heavy (non-hydrogen) atoms. The van der Waals surface area contributed by atoms with Crippen LogP contribution in [0.25, 0.3) is 11.2 Å². The molecule has 0 aromatic carbocycles. The minimum atomic E-state index is -1.18. The van der Waals surface area contributed by atoms with Gasteiger partial charge in [0.25, 0.3) is 5.56 Å². The number of aliphatic carboxylic acids is 1. The van der Waals surface area contributed by atoms with Crippen molar-refractivity contribution in [3.63, 3.8) is 0 Å². The van der Waals surface area contributed by atoms with Gasteiger partial charge < -0.3 is 15.8 Å². The van der Waals surface area contributed by atoms with E-state index in [1.807, 2.05) is 0 Å². The smallest absolute Gasteiger partial charge is 0.320 e. The maximum Gasteiger partial charge on any atom is 0.320 e. The summed E-state index contributed by atoms with van der Waals surface area (Å²) in [7, 11) is 0. The van der Waals surface area contributed by atoms with Gasteiger partial charge in [0, 0.05) is 6.42 Å². The number of nitrogens with one attached hydrogen (secondary N) is 3. The number of nitrogens with zero attached hydrogens (tertiary/aromatic N) is 2. The number of carboxylic acids is 1. The predicted octanol–water partition coefficient (Wildman–Crippen LogP) is -1.22. The molecule has 2 aromatic rings. The summed E-state index contributed by atoms with van der Waals surface area (Å²) in [6.45, 7) is 0. The molecule has 1 amide bonds. The standard InChI is InChI=1S/C10H12N6O4/c11-4(9(19)20)1-2-5(17)14-10-15-7-6(8(18)16-10)12-3-13-7/h3-4H,1-2,11H2,(H,19,20)(H3,12,13,14,15,16,17,18)/t4-/m0/s1. The number of carbonyl (C=O) groups is 2. The summed E-state index contributed by atoms with van der Waals surface area (Å²) < 4.78 is 0. The zero-order valence-corrected chi connectivity index (χ0v) is 10.2.